The molecule has 0 bridgehead atoms. The minimum Gasteiger partial charge on any atom is -0.342 e. The first-order valence-electron chi connectivity index (χ1n) is 10.7. The molecule has 2 aliphatic heterocycles. The molecule has 1 aliphatic carbocycles. The van der Waals surface area contributed by atoms with Crippen LogP contribution in [-0.2, 0) is 17.6 Å². The van der Waals surface area contributed by atoms with Crippen molar-refractivity contribution in [1.29, 1.82) is 0 Å². The van der Waals surface area contributed by atoms with E-state index in [1.54, 1.807) is 24.5 Å². The first-order chi connectivity index (χ1) is 14.2. The summed E-state index contributed by atoms with van der Waals surface area (Å²) in [7, 11) is 0. The molecular formula is C22H27N5O2. The predicted octanol–water partition coefficient (Wildman–Crippen LogP) is 2.16. The first kappa shape index (κ1) is 18.3. The number of aromatic amines is 1. The van der Waals surface area contributed by atoms with Crippen LogP contribution >= 0.6 is 0 Å². The first-order valence-corrected chi connectivity index (χ1v) is 10.7. The van der Waals surface area contributed by atoms with Crippen molar-refractivity contribution in [3.63, 3.8) is 0 Å². The lowest BCUT2D eigenvalue weighted by atomic mass is 9.94. The molecule has 0 atom stereocenters. The van der Waals surface area contributed by atoms with Gasteiger partial charge in [-0.15, -0.1) is 0 Å². The van der Waals surface area contributed by atoms with Crippen molar-refractivity contribution in [3.05, 3.63) is 47.0 Å². The SMILES string of the molecule is O=C(c1ccncc1)N1CCC(C(=O)N2CCc3[nH]nc(C4CC4)c3CC2)CC1. The number of carbonyl (C=O) groups excluding carboxylic acids is 2. The van der Waals surface area contributed by atoms with E-state index in [1.807, 2.05) is 9.80 Å². The van der Waals surface area contributed by atoms with Crippen LogP contribution in [0.3, 0.4) is 0 Å². The molecule has 2 fully saturated rings. The number of hydrogen-bond acceptors (Lipinski definition) is 4. The molecule has 2 amide bonds. The number of nitrogens with one attached hydrogen (secondary N) is 1. The Morgan fingerprint density at radius 2 is 1.66 bits per heavy atom. The maximum atomic E-state index is 13.1. The molecule has 3 aliphatic rings. The number of carbonyl (C=O) groups is 2. The van der Waals surface area contributed by atoms with Crippen molar-refractivity contribution < 1.29 is 9.59 Å². The zero-order valence-electron chi connectivity index (χ0n) is 16.6. The molecule has 7 nitrogen and oxygen atoms in total. The van der Waals surface area contributed by atoms with Crippen LogP contribution in [0.25, 0.3) is 0 Å². The molecule has 4 heterocycles. The van der Waals surface area contributed by atoms with Crippen LogP contribution in [-0.4, -0.2) is 63.0 Å². The van der Waals surface area contributed by atoms with Gasteiger partial charge in [0.05, 0.1) is 5.69 Å². The van der Waals surface area contributed by atoms with Crippen molar-refractivity contribution in [3.8, 4) is 0 Å². The summed E-state index contributed by atoms with van der Waals surface area (Å²) in [5, 5.41) is 7.77. The van der Waals surface area contributed by atoms with E-state index < -0.39 is 0 Å². The van der Waals surface area contributed by atoms with Crippen LogP contribution in [0.5, 0.6) is 0 Å². The van der Waals surface area contributed by atoms with E-state index in [2.05, 4.69) is 15.2 Å². The summed E-state index contributed by atoms with van der Waals surface area (Å²) in [5.41, 5.74) is 4.50. The van der Waals surface area contributed by atoms with Gasteiger partial charge in [0.15, 0.2) is 0 Å². The van der Waals surface area contributed by atoms with Crippen LogP contribution in [0.2, 0.25) is 0 Å². The van der Waals surface area contributed by atoms with Crippen molar-refractivity contribution in [2.45, 2.75) is 44.4 Å². The largest absolute Gasteiger partial charge is 0.342 e. The number of hydrogen-bond donors (Lipinski definition) is 1. The normalized spacial score (nSPS) is 20.3. The Morgan fingerprint density at radius 1 is 0.931 bits per heavy atom. The van der Waals surface area contributed by atoms with E-state index in [1.165, 1.54) is 29.8 Å². The number of aromatic nitrogens is 3. The summed E-state index contributed by atoms with van der Waals surface area (Å²) in [6.07, 6.45) is 9.03. The van der Waals surface area contributed by atoms with Crippen molar-refractivity contribution >= 4 is 11.8 Å². The lowest BCUT2D eigenvalue weighted by Gasteiger charge is -2.34. The summed E-state index contributed by atoms with van der Waals surface area (Å²) in [6.45, 7) is 2.82. The molecule has 29 heavy (non-hydrogen) atoms. The van der Waals surface area contributed by atoms with Crippen LogP contribution in [0.15, 0.2) is 24.5 Å². The van der Waals surface area contributed by atoms with Crippen molar-refractivity contribution in [2.75, 3.05) is 26.2 Å². The average molecular weight is 393 g/mol. The highest BCUT2D eigenvalue weighted by molar-refractivity contribution is 5.94. The smallest absolute Gasteiger partial charge is 0.253 e. The van der Waals surface area contributed by atoms with Gasteiger partial charge in [0.25, 0.3) is 5.91 Å². The Bertz CT molecular complexity index is 897. The molecule has 1 saturated carbocycles. The van der Waals surface area contributed by atoms with E-state index in [9.17, 15) is 9.59 Å². The number of H-pyrrole nitrogens is 1. The van der Waals surface area contributed by atoms with Gasteiger partial charge in [-0.3, -0.25) is 19.7 Å². The summed E-state index contributed by atoms with van der Waals surface area (Å²) < 4.78 is 0. The number of nitrogens with zero attached hydrogens (tertiary/aromatic N) is 4. The van der Waals surface area contributed by atoms with E-state index in [-0.39, 0.29) is 17.7 Å². The number of pyridine rings is 1. The number of rotatable bonds is 3. The van der Waals surface area contributed by atoms with Gasteiger partial charge >= 0.3 is 0 Å². The van der Waals surface area contributed by atoms with Gasteiger partial charge in [-0.05, 0) is 49.8 Å². The number of likely N-dealkylation sites (tertiary alicyclic amines) is 1. The Kier molecular flexibility index (Phi) is 4.81. The molecule has 0 spiro atoms. The molecule has 7 heteroatoms. The highest BCUT2D eigenvalue weighted by atomic mass is 16.2. The number of fused-ring (bicyclic) bond motifs is 1. The lowest BCUT2D eigenvalue weighted by molar-refractivity contribution is -0.136. The average Bonchev–Trinajstić information content (AvgIpc) is 3.58. The van der Waals surface area contributed by atoms with Gasteiger partial charge in [0.2, 0.25) is 5.91 Å². The molecule has 0 radical (unpaired) electrons. The standard InChI is InChI=1S/C22H27N5O2/c28-21(16-3-9-23-10-4-16)26-11-5-17(6-12-26)22(29)27-13-7-18-19(8-14-27)24-25-20(18)15-1-2-15/h3-4,9-10,15,17H,1-2,5-8,11-14H2,(H,24,25). The molecule has 2 aromatic rings. The zero-order valence-corrected chi connectivity index (χ0v) is 16.6. The fourth-order valence-electron chi connectivity index (χ4n) is 4.69. The molecule has 152 valence electrons. The van der Waals surface area contributed by atoms with Gasteiger partial charge in [-0.25, -0.2) is 0 Å². The van der Waals surface area contributed by atoms with Gasteiger partial charge in [0, 0.05) is 68.1 Å². The summed E-state index contributed by atoms with van der Waals surface area (Å²) in [4.78, 5) is 33.6. The molecule has 1 N–H and O–H groups in total. The molecule has 2 aromatic heterocycles. The second kappa shape index (κ2) is 7.61. The Balaban J connectivity index is 1.17. The fourth-order valence-corrected chi connectivity index (χ4v) is 4.69. The second-order valence-corrected chi connectivity index (χ2v) is 8.47. The van der Waals surface area contributed by atoms with Crippen LogP contribution in [0.1, 0.15) is 58.9 Å². The third kappa shape index (κ3) is 3.66. The highest BCUT2D eigenvalue weighted by Crippen LogP contribution is 2.41. The van der Waals surface area contributed by atoms with E-state index in [0.29, 0.717) is 24.6 Å². The third-order valence-electron chi connectivity index (χ3n) is 6.58. The summed E-state index contributed by atoms with van der Waals surface area (Å²) in [5.74, 6) is 0.951. The van der Waals surface area contributed by atoms with Gasteiger partial charge < -0.3 is 9.80 Å². The van der Waals surface area contributed by atoms with Crippen LogP contribution < -0.4 is 0 Å². The Morgan fingerprint density at radius 3 is 2.38 bits per heavy atom. The van der Waals surface area contributed by atoms with Gasteiger partial charge in [-0.1, -0.05) is 0 Å². The highest BCUT2D eigenvalue weighted by Gasteiger charge is 2.34. The van der Waals surface area contributed by atoms with Gasteiger partial charge in [0.1, 0.15) is 0 Å². The maximum absolute atomic E-state index is 13.1. The Hall–Kier alpha value is -2.70. The quantitative estimate of drug-likeness (QED) is 0.866. The van der Waals surface area contributed by atoms with Crippen LogP contribution in [0.4, 0.5) is 0 Å². The van der Waals surface area contributed by atoms with E-state index >= 15 is 0 Å². The summed E-state index contributed by atoms with van der Waals surface area (Å²) in [6, 6.07) is 3.49. The van der Waals surface area contributed by atoms with Crippen LogP contribution in [0, 0.1) is 5.92 Å². The maximum Gasteiger partial charge on any atom is 0.253 e. The topological polar surface area (TPSA) is 82.2 Å². The Labute approximate surface area is 170 Å². The lowest BCUT2D eigenvalue weighted by Crippen LogP contribution is -2.45. The molecule has 1 saturated heterocycles. The van der Waals surface area contributed by atoms with Gasteiger partial charge in [-0.2, -0.15) is 5.10 Å². The van der Waals surface area contributed by atoms with Crippen molar-refractivity contribution in [2.24, 2.45) is 5.92 Å². The third-order valence-corrected chi connectivity index (χ3v) is 6.58. The monoisotopic (exact) mass is 393 g/mol. The molecule has 5 rings (SSSR count). The number of piperidine rings is 1. The molecular weight excluding hydrogens is 366 g/mol. The minimum atomic E-state index is 0.0222. The zero-order chi connectivity index (χ0) is 19.8. The van der Waals surface area contributed by atoms with Crippen molar-refractivity contribution in [1.82, 2.24) is 25.0 Å². The van der Waals surface area contributed by atoms with E-state index in [0.717, 1.165) is 38.8 Å². The van der Waals surface area contributed by atoms with E-state index in [4.69, 9.17) is 0 Å². The second-order valence-electron chi connectivity index (χ2n) is 8.47. The minimum absolute atomic E-state index is 0.0222. The number of amides is 2. The molecule has 0 aromatic carbocycles. The molecule has 0 unspecified atom stereocenters. The fraction of sp³-hybridized carbons (Fsp3) is 0.545. The summed E-state index contributed by atoms with van der Waals surface area (Å²) >= 11 is 0. The predicted molar refractivity (Wildman–Crippen MR) is 107 cm³/mol.